The number of carbonyl (C=O) groups is 1. The van der Waals surface area contributed by atoms with Crippen LogP contribution >= 0.6 is 0 Å². The topological polar surface area (TPSA) is 107 Å². The summed E-state index contributed by atoms with van der Waals surface area (Å²) in [5, 5.41) is 4.56. The van der Waals surface area contributed by atoms with Gasteiger partial charge >= 0.3 is 5.69 Å². The van der Waals surface area contributed by atoms with Crippen LogP contribution in [-0.4, -0.2) is 43.3 Å². The van der Waals surface area contributed by atoms with E-state index in [9.17, 15) is 9.59 Å². The van der Waals surface area contributed by atoms with Crippen molar-refractivity contribution < 1.29 is 4.79 Å². The molecule has 1 saturated heterocycles. The molecular weight excluding hydrogens is 380 g/mol. The molecule has 152 valence electrons. The fourth-order valence-electron chi connectivity index (χ4n) is 4.07. The second-order valence-corrected chi connectivity index (χ2v) is 7.86. The summed E-state index contributed by atoms with van der Waals surface area (Å²) in [7, 11) is 0. The van der Waals surface area contributed by atoms with E-state index in [1.54, 1.807) is 24.4 Å². The second-order valence-electron chi connectivity index (χ2n) is 7.86. The number of nitrogens with zero attached hydrogens (tertiary/aromatic N) is 3. The Morgan fingerprint density at radius 3 is 2.80 bits per heavy atom. The number of hydrogen-bond donors (Lipinski definition) is 3. The standard InChI is InChI=1S/C22H22N6O2/c1-13-3-2-6-28(13)12-17-8-16-10-23-20(9-19(16)25-17)27-21(29)14-4-5-18-15(7-14)11-24-22(30)26-18/h4-5,7-11,13,25H,2-3,6,12H2,1H3,(H,23,27,29)(H,24,26,30)/t13-/m0/s1. The van der Waals surface area contributed by atoms with E-state index in [0.717, 1.165) is 29.7 Å². The summed E-state index contributed by atoms with van der Waals surface area (Å²) in [6, 6.07) is 9.63. The summed E-state index contributed by atoms with van der Waals surface area (Å²) >= 11 is 0. The van der Waals surface area contributed by atoms with E-state index in [1.807, 2.05) is 6.07 Å². The molecule has 1 aliphatic rings. The molecule has 1 amide bonds. The first-order valence-corrected chi connectivity index (χ1v) is 10.1. The number of anilines is 1. The van der Waals surface area contributed by atoms with Crippen LogP contribution in [0.25, 0.3) is 21.8 Å². The number of amides is 1. The Morgan fingerprint density at radius 2 is 1.97 bits per heavy atom. The van der Waals surface area contributed by atoms with Crippen LogP contribution in [0, 0.1) is 0 Å². The molecule has 3 aromatic heterocycles. The van der Waals surface area contributed by atoms with Crippen molar-refractivity contribution in [2.75, 3.05) is 11.9 Å². The molecule has 30 heavy (non-hydrogen) atoms. The van der Waals surface area contributed by atoms with Gasteiger partial charge in [0, 0.05) is 53.1 Å². The van der Waals surface area contributed by atoms with Gasteiger partial charge in [-0.1, -0.05) is 0 Å². The Labute approximate surface area is 172 Å². The van der Waals surface area contributed by atoms with Crippen molar-refractivity contribution >= 4 is 33.5 Å². The van der Waals surface area contributed by atoms with Crippen molar-refractivity contribution in [3.63, 3.8) is 0 Å². The van der Waals surface area contributed by atoms with Gasteiger partial charge in [0.25, 0.3) is 5.91 Å². The molecule has 0 saturated carbocycles. The highest BCUT2D eigenvalue weighted by atomic mass is 16.2. The molecule has 4 aromatic rings. The number of rotatable bonds is 4. The number of aromatic amines is 2. The van der Waals surface area contributed by atoms with Gasteiger partial charge in [-0.25, -0.2) is 14.8 Å². The summed E-state index contributed by atoms with van der Waals surface area (Å²) in [4.78, 5) is 40.6. The van der Waals surface area contributed by atoms with Gasteiger partial charge in [-0.2, -0.15) is 0 Å². The van der Waals surface area contributed by atoms with Gasteiger partial charge in [0.05, 0.1) is 11.0 Å². The predicted octanol–water partition coefficient (Wildman–Crippen LogP) is 3.04. The highest BCUT2D eigenvalue weighted by molar-refractivity contribution is 6.06. The van der Waals surface area contributed by atoms with Crippen molar-refractivity contribution in [2.24, 2.45) is 0 Å². The lowest BCUT2D eigenvalue weighted by Gasteiger charge is -2.19. The molecule has 3 N–H and O–H groups in total. The van der Waals surface area contributed by atoms with Gasteiger partial charge in [0.15, 0.2) is 0 Å². The van der Waals surface area contributed by atoms with Gasteiger partial charge in [-0.05, 0) is 50.6 Å². The van der Waals surface area contributed by atoms with Crippen LogP contribution in [-0.2, 0) is 6.54 Å². The zero-order valence-electron chi connectivity index (χ0n) is 16.6. The number of aromatic nitrogens is 4. The first kappa shape index (κ1) is 18.5. The van der Waals surface area contributed by atoms with E-state index in [2.05, 4.69) is 43.1 Å². The van der Waals surface area contributed by atoms with Crippen LogP contribution in [0.1, 0.15) is 35.8 Å². The average Bonchev–Trinajstić information content (AvgIpc) is 3.32. The third-order valence-corrected chi connectivity index (χ3v) is 5.74. The lowest BCUT2D eigenvalue weighted by Crippen LogP contribution is -2.26. The van der Waals surface area contributed by atoms with Gasteiger partial charge in [0.2, 0.25) is 0 Å². The first-order valence-electron chi connectivity index (χ1n) is 10.1. The van der Waals surface area contributed by atoms with Crippen molar-refractivity contribution in [1.82, 2.24) is 24.8 Å². The normalized spacial score (nSPS) is 17.0. The summed E-state index contributed by atoms with van der Waals surface area (Å²) in [6.07, 6.45) is 5.73. The van der Waals surface area contributed by atoms with Gasteiger partial charge in [-0.3, -0.25) is 9.69 Å². The fourth-order valence-corrected chi connectivity index (χ4v) is 4.07. The predicted molar refractivity (Wildman–Crippen MR) is 116 cm³/mol. The van der Waals surface area contributed by atoms with E-state index >= 15 is 0 Å². The highest BCUT2D eigenvalue weighted by Gasteiger charge is 2.20. The van der Waals surface area contributed by atoms with Crippen molar-refractivity contribution in [2.45, 2.75) is 32.4 Å². The molecule has 1 fully saturated rings. The van der Waals surface area contributed by atoms with Crippen molar-refractivity contribution in [3.05, 3.63) is 64.5 Å². The number of pyridine rings is 1. The minimum Gasteiger partial charge on any atom is -0.357 e. The van der Waals surface area contributed by atoms with Crippen LogP contribution in [0.5, 0.6) is 0 Å². The zero-order valence-corrected chi connectivity index (χ0v) is 16.6. The molecule has 0 unspecified atom stereocenters. The number of hydrogen-bond acceptors (Lipinski definition) is 5. The van der Waals surface area contributed by atoms with Gasteiger partial charge in [-0.15, -0.1) is 0 Å². The van der Waals surface area contributed by atoms with E-state index in [-0.39, 0.29) is 5.91 Å². The quantitative estimate of drug-likeness (QED) is 0.486. The summed E-state index contributed by atoms with van der Waals surface area (Å²) in [5.41, 5.74) is 2.79. The molecular formula is C22H22N6O2. The number of H-pyrrole nitrogens is 2. The minimum absolute atomic E-state index is 0.271. The zero-order chi connectivity index (χ0) is 20.7. The molecule has 0 aliphatic carbocycles. The summed E-state index contributed by atoms with van der Waals surface area (Å²) < 4.78 is 0. The van der Waals surface area contributed by atoms with Crippen LogP contribution in [0.4, 0.5) is 5.82 Å². The number of carbonyl (C=O) groups excluding carboxylic acids is 1. The van der Waals surface area contributed by atoms with E-state index in [0.29, 0.717) is 28.3 Å². The summed E-state index contributed by atoms with van der Waals surface area (Å²) in [5.74, 6) is 0.211. The molecule has 0 spiro atoms. The Morgan fingerprint density at radius 1 is 1.13 bits per heavy atom. The molecule has 1 aliphatic heterocycles. The molecule has 0 bridgehead atoms. The average molecular weight is 402 g/mol. The molecule has 0 radical (unpaired) electrons. The molecule has 4 heterocycles. The maximum atomic E-state index is 12.7. The van der Waals surface area contributed by atoms with E-state index < -0.39 is 5.69 Å². The third kappa shape index (κ3) is 3.57. The van der Waals surface area contributed by atoms with Crippen LogP contribution < -0.4 is 11.0 Å². The Hall–Kier alpha value is -3.52. The summed E-state index contributed by atoms with van der Waals surface area (Å²) in [6.45, 7) is 4.29. The van der Waals surface area contributed by atoms with Crippen molar-refractivity contribution in [1.29, 1.82) is 0 Å². The lowest BCUT2D eigenvalue weighted by molar-refractivity contribution is 0.102. The maximum absolute atomic E-state index is 12.7. The molecule has 8 heteroatoms. The molecule has 1 atom stereocenters. The Kier molecular flexibility index (Phi) is 4.55. The van der Waals surface area contributed by atoms with E-state index in [1.165, 1.54) is 19.0 Å². The molecule has 8 nitrogen and oxygen atoms in total. The molecule has 1 aromatic carbocycles. The van der Waals surface area contributed by atoms with Crippen molar-refractivity contribution in [3.8, 4) is 0 Å². The third-order valence-electron chi connectivity index (χ3n) is 5.74. The highest BCUT2D eigenvalue weighted by Crippen LogP contribution is 2.23. The Bertz CT molecular complexity index is 1310. The van der Waals surface area contributed by atoms with Gasteiger partial charge in [0.1, 0.15) is 5.82 Å². The first-order chi connectivity index (χ1) is 14.5. The second kappa shape index (κ2) is 7.38. The smallest absolute Gasteiger partial charge is 0.345 e. The SMILES string of the molecule is C[C@H]1CCCN1Cc1cc2cnc(NC(=O)c3ccc4[nH]c(=O)ncc4c3)cc2[nH]1. The maximum Gasteiger partial charge on any atom is 0.345 e. The van der Waals surface area contributed by atoms with Gasteiger partial charge < -0.3 is 15.3 Å². The van der Waals surface area contributed by atoms with Crippen LogP contribution in [0.3, 0.4) is 0 Å². The minimum atomic E-state index is -0.415. The largest absolute Gasteiger partial charge is 0.357 e. The number of fused-ring (bicyclic) bond motifs is 2. The lowest BCUT2D eigenvalue weighted by atomic mass is 10.1. The number of likely N-dealkylation sites (tertiary alicyclic amines) is 1. The fraction of sp³-hybridized carbons (Fsp3) is 0.273. The van der Waals surface area contributed by atoms with Crippen LogP contribution in [0.15, 0.2) is 47.5 Å². The number of nitrogens with one attached hydrogen (secondary N) is 3. The van der Waals surface area contributed by atoms with Crippen LogP contribution in [0.2, 0.25) is 0 Å². The Balaban J connectivity index is 1.35. The monoisotopic (exact) mass is 402 g/mol. The molecule has 5 rings (SSSR count). The number of benzene rings is 1. The van der Waals surface area contributed by atoms with E-state index in [4.69, 9.17) is 0 Å².